The number of halogens is 1. The number of nitrogens with zero attached hydrogens (tertiary/aromatic N) is 4. The topological polar surface area (TPSA) is 127 Å². The number of H-pyrrole nitrogens is 1. The number of amides is 1. The van der Waals surface area contributed by atoms with E-state index in [1.54, 1.807) is 62.9 Å². The van der Waals surface area contributed by atoms with Gasteiger partial charge in [-0.05, 0) is 49.4 Å². The lowest BCUT2D eigenvalue weighted by atomic mass is 9.91. The quantitative estimate of drug-likeness (QED) is 0.373. The number of rotatable bonds is 6. The van der Waals surface area contributed by atoms with Gasteiger partial charge in [-0.1, -0.05) is 0 Å². The number of carbonyl (C=O) groups excluding carboxylic acids is 1. The Morgan fingerprint density at radius 3 is 2.58 bits per heavy atom. The van der Waals surface area contributed by atoms with Crippen LogP contribution in [0.2, 0.25) is 0 Å². The van der Waals surface area contributed by atoms with Crippen LogP contribution < -0.4 is 10.6 Å². The summed E-state index contributed by atoms with van der Waals surface area (Å²) < 4.78 is 25.5. The molecule has 1 aliphatic heterocycles. The fraction of sp³-hybridized carbons (Fsp3) is 0.240. The van der Waals surface area contributed by atoms with E-state index < -0.39 is 11.7 Å². The molecule has 0 unspecified atom stereocenters. The lowest BCUT2D eigenvalue weighted by Crippen LogP contribution is -2.45. The smallest absolute Gasteiger partial charge is 0.235 e. The molecule has 1 aromatic carbocycles. The van der Waals surface area contributed by atoms with Crippen LogP contribution in [-0.2, 0) is 14.3 Å². The van der Waals surface area contributed by atoms with Crippen LogP contribution in [0.3, 0.4) is 0 Å². The Bertz CT molecular complexity index is 1350. The second kappa shape index (κ2) is 9.80. The van der Waals surface area contributed by atoms with Gasteiger partial charge in [-0.25, -0.2) is 19.3 Å². The first kappa shape index (κ1) is 23.5. The first-order valence-electron chi connectivity index (χ1n) is 11.3. The van der Waals surface area contributed by atoms with Crippen LogP contribution in [-0.4, -0.2) is 51.1 Å². The molecule has 0 saturated carbocycles. The minimum absolute atomic E-state index is 0.114. The number of hydrogen-bond acceptors (Lipinski definition) is 8. The van der Waals surface area contributed by atoms with Crippen molar-refractivity contribution in [3.63, 3.8) is 0 Å². The summed E-state index contributed by atoms with van der Waals surface area (Å²) in [4.78, 5) is 33.5. The lowest BCUT2D eigenvalue weighted by molar-refractivity contribution is -0.229. The molecule has 184 valence electrons. The van der Waals surface area contributed by atoms with Crippen LogP contribution in [0.4, 0.5) is 16.0 Å². The lowest BCUT2D eigenvalue weighted by Gasteiger charge is -2.35. The van der Waals surface area contributed by atoms with E-state index in [0.29, 0.717) is 40.1 Å². The predicted octanol–water partition coefficient (Wildman–Crippen LogP) is 3.80. The molecule has 0 atom stereocenters. The van der Waals surface area contributed by atoms with E-state index in [1.165, 1.54) is 12.1 Å². The third-order valence-electron chi connectivity index (χ3n) is 5.77. The normalized spacial score (nSPS) is 19.6. The van der Waals surface area contributed by atoms with Gasteiger partial charge in [-0.15, -0.1) is 0 Å². The fourth-order valence-electron chi connectivity index (χ4n) is 3.74. The zero-order chi connectivity index (χ0) is 25.1. The summed E-state index contributed by atoms with van der Waals surface area (Å²) in [7, 11) is 1.73. The molecule has 10 nitrogen and oxygen atoms in total. The van der Waals surface area contributed by atoms with Crippen molar-refractivity contribution in [2.75, 3.05) is 30.9 Å². The highest BCUT2D eigenvalue weighted by Crippen LogP contribution is 2.36. The maximum Gasteiger partial charge on any atom is 0.235 e. The van der Waals surface area contributed by atoms with E-state index in [2.05, 4.69) is 30.6 Å². The van der Waals surface area contributed by atoms with Gasteiger partial charge in [-0.2, -0.15) is 0 Å². The van der Waals surface area contributed by atoms with E-state index >= 15 is 0 Å². The van der Waals surface area contributed by atoms with Gasteiger partial charge in [0.05, 0.1) is 47.6 Å². The second-order valence-corrected chi connectivity index (χ2v) is 8.58. The van der Waals surface area contributed by atoms with Crippen molar-refractivity contribution >= 4 is 17.5 Å². The highest BCUT2D eigenvalue weighted by molar-refractivity contribution is 5.95. The fourth-order valence-corrected chi connectivity index (χ4v) is 3.74. The van der Waals surface area contributed by atoms with Gasteiger partial charge in [0.1, 0.15) is 5.82 Å². The maximum absolute atomic E-state index is 13.6. The Morgan fingerprint density at radius 2 is 1.89 bits per heavy atom. The van der Waals surface area contributed by atoms with Crippen LogP contribution in [0.15, 0.2) is 61.1 Å². The van der Waals surface area contributed by atoms with Gasteiger partial charge >= 0.3 is 0 Å². The third kappa shape index (κ3) is 4.79. The molecule has 3 aromatic heterocycles. The molecule has 1 aliphatic rings. The summed E-state index contributed by atoms with van der Waals surface area (Å²) in [5, 5.41) is 5.76. The van der Waals surface area contributed by atoms with E-state index in [0.717, 1.165) is 0 Å². The van der Waals surface area contributed by atoms with Crippen molar-refractivity contribution in [3.05, 3.63) is 72.7 Å². The molecule has 0 radical (unpaired) electrons. The van der Waals surface area contributed by atoms with Crippen molar-refractivity contribution < 1.29 is 18.7 Å². The van der Waals surface area contributed by atoms with Crippen molar-refractivity contribution in [1.29, 1.82) is 0 Å². The molecule has 1 amide bonds. The van der Waals surface area contributed by atoms with E-state index in [4.69, 9.17) is 14.5 Å². The van der Waals surface area contributed by atoms with Gasteiger partial charge in [-0.3, -0.25) is 9.78 Å². The van der Waals surface area contributed by atoms with Crippen molar-refractivity contribution in [2.24, 2.45) is 5.41 Å². The Labute approximate surface area is 206 Å². The predicted molar refractivity (Wildman–Crippen MR) is 130 cm³/mol. The van der Waals surface area contributed by atoms with Crippen molar-refractivity contribution in [1.82, 2.24) is 24.9 Å². The first-order valence-corrected chi connectivity index (χ1v) is 11.3. The number of carbonyl (C=O) groups is 1. The summed E-state index contributed by atoms with van der Waals surface area (Å²) >= 11 is 0. The zero-order valence-electron chi connectivity index (χ0n) is 19.7. The molecule has 0 bridgehead atoms. The SMILES string of the molecule is CNc1nccc(-c2[nH]c(C3OCC(C)(C(=O)Nc4cccnc4)CO3)nc2-c2ccc(F)cc2)n1. The Hall–Kier alpha value is -4.22. The van der Waals surface area contributed by atoms with E-state index in [-0.39, 0.29) is 24.9 Å². The van der Waals surface area contributed by atoms with Gasteiger partial charge in [0, 0.05) is 25.0 Å². The summed E-state index contributed by atoms with van der Waals surface area (Å²) in [5.41, 5.74) is 2.12. The molecular weight excluding hydrogens is 465 g/mol. The van der Waals surface area contributed by atoms with E-state index in [1.807, 2.05) is 0 Å². The Balaban J connectivity index is 1.40. The zero-order valence-corrected chi connectivity index (χ0v) is 19.7. The largest absolute Gasteiger partial charge is 0.357 e. The molecule has 4 heterocycles. The van der Waals surface area contributed by atoms with Gasteiger partial charge in [0.15, 0.2) is 5.82 Å². The summed E-state index contributed by atoms with van der Waals surface area (Å²) in [5.74, 6) is 0.262. The molecule has 11 heteroatoms. The number of ether oxygens (including phenoxy) is 2. The number of benzene rings is 1. The number of nitrogens with one attached hydrogen (secondary N) is 3. The maximum atomic E-state index is 13.6. The van der Waals surface area contributed by atoms with Gasteiger partial charge < -0.3 is 25.1 Å². The molecule has 0 aliphatic carbocycles. The molecule has 1 fully saturated rings. The molecule has 3 N–H and O–H groups in total. The van der Waals surface area contributed by atoms with E-state index in [9.17, 15) is 9.18 Å². The molecule has 1 saturated heterocycles. The monoisotopic (exact) mass is 489 g/mol. The second-order valence-electron chi connectivity index (χ2n) is 8.58. The first-order chi connectivity index (χ1) is 17.4. The molecule has 4 aromatic rings. The molecule has 0 spiro atoms. The van der Waals surface area contributed by atoms with Crippen LogP contribution in [0.5, 0.6) is 0 Å². The molecular formula is C25H24FN7O3. The average molecular weight is 490 g/mol. The minimum atomic E-state index is -0.907. The number of aromatic nitrogens is 5. The van der Waals surface area contributed by atoms with Gasteiger partial charge in [0.25, 0.3) is 0 Å². The number of aromatic amines is 1. The number of anilines is 2. The molecule has 36 heavy (non-hydrogen) atoms. The van der Waals surface area contributed by atoms with Crippen molar-refractivity contribution in [3.8, 4) is 22.6 Å². The summed E-state index contributed by atoms with van der Waals surface area (Å²) in [6.45, 7) is 2.00. The van der Waals surface area contributed by atoms with Crippen LogP contribution in [0.25, 0.3) is 22.6 Å². The summed E-state index contributed by atoms with van der Waals surface area (Å²) in [6, 6.07) is 11.3. The average Bonchev–Trinajstić information content (AvgIpc) is 3.35. The number of imidazole rings is 1. The highest BCUT2D eigenvalue weighted by atomic mass is 19.1. The van der Waals surface area contributed by atoms with Crippen molar-refractivity contribution in [2.45, 2.75) is 13.2 Å². The minimum Gasteiger partial charge on any atom is -0.357 e. The Morgan fingerprint density at radius 1 is 1.11 bits per heavy atom. The van der Waals surface area contributed by atoms with Crippen LogP contribution >= 0.6 is 0 Å². The third-order valence-corrected chi connectivity index (χ3v) is 5.77. The van der Waals surface area contributed by atoms with Gasteiger partial charge in [0.2, 0.25) is 18.1 Å². The number of hydrogen-bond donors (Lipinski definition) is 3. The standard InChI is InChI=1S/C25H24FN7O3/c1-25(23(34)30-17-4-3-10-28-12-17)13-35-22(36-14-25)21-32-19(15-5-7-16(26)8-6-15)20(33-21)18-9-11-29-24(27-2)31-18/h3-12,22H,13-14H2,1-2H3,(H,30,34)(H,32,33)(H,27,29,31). The van der Waals surface area contributed by atoms with Crippen LogP contribution in [0, 0.1) is 11.2 Å². The van der Waals surface area contributed by atoms with Crippen LogP contribution in [0.1, 0.15) is 19.0 Å². The highest BCUT2D eigenvalue weighted by Gasteiger charge is 2.41. The Kier molecular flexibility index (Phi) is 6.40. The molecule has 5 rings (SSSR count). The number of pyridine rings is 1. The summed E-state index contributed by atoms with van der Waals surface area (Å²) in [6.07, 6.45) is 4.00.